The van der Waals surface area contributed by atoms with Gasteiger partial charge in [-0.25, -0.2) is 4.39 Å². The predicted molar refractivity (Wildman–Crippen MR) is 39.7 cm³/mol. The van der Waals surface area contributed by atoms with Crippen molar-refractivity contribution in [2.75, 3.05) is 0 Å². The van der Waals surface area contributed by atoms with E-state index in [1.807, 2.05) is 0 Å². The van der Waals surface area contributed by atoms with Crippen molar-refractivity contribution >= 4 is 0 Å². The summed E-state index contributed by atoms with van der Waals surface area (Å²) in [6.07, 6.45) is -2.17. The van der Waals surface area contributed by atoms with Crippen molar-refractivity contribution in [3.8, 4) is 0 Å². The molecule has 0 bridgehead atoms. The van der Waals surface area contributed by atoms with Crippen LogP contribution in [0.2, 0.25) is 0 Å². The molecule has 12 heavy (non-hydrogen) atoms. The highest BCUT2D eigenvalue weighted by Crippen LogP contribution is 2.32. The smallest absolute Gasteiger partial charge is 0.241 e. The molecule has 1 aromatic carbocycles. The van der Waals surface area contributed by atoms with Crippen LogP contribution in [0.1, 0.15) is 12.5 Å². The Hall–Kier alpha value is -0.990. The Morgan fingerprint density at radius 2 is 2.17 bits per heavy atom. The molecule has 0 nitrogen and oxygen atoms in total. The minimum Gasteiger partial charge on any atom is -0.241 e. The Bertz CT molecular complexity index is 241. The number of halogens is 3. The first-order valence-electron chi connectivity index (χ1n) is 3.53. The van der Waals surface area contributed by atoms with Crippen LogP contribution in [0.15, 0.2) is 24.3 Å². The molecule has 0 N–H and O–H groups in total. The van der Waals surface area contributed by atoms with E-state index in [-0.39, 0.29) is 5.56 Å². The van der Waals surface area contributed by atoms with Crippen LogP contribution in [0, 0.1) is 6.07 Å². The van der Waals surface area contributed by atoms with Gasteiger partial charge in [0.25, 0.3) is 0 Å². The number of alkyl halides is 3. The molecule has 1 rings (SSSR count). The Labute approximate surface area is 69.0 Å². The monoisotopic (exact) mass is 173 g/mol. The number of benzene rings is 1. The number of rotatable bonds is 2. The molecule has 0 aliphatic carbocycles. The van der Waals surface area contributed by atoms with Gasteiger partial charge < -0.3 is 0 Å². The molecule has 65 valence electrons. The topological polar surface area (TPSA) is 0 Å². The van der Waals surface area contributed by atoms with Gasteiger partial charge >= 0.3 is 5.92 Å². The molecule has 0 saturated heterocycles. The lowest BCUT2D eigenvalue weighted by atomic mass is 10.1. The average molecular weight is 173 g/mol. The second-order valence-corrected chi connectivity index (χ2v) is 2.53. The molecule has 0 aromatic heterocycles. The lowest BCUT2D eigenvalue weighted by molar-refractivity contribution is -0.0712. The molecule has 0 aliphatic heterocycles. The molecule has 3 heteroatoms. The maximum atomic E-state index is 12.9. The molecule has 1 unspecified atom stereocenters. The van der Waals surface area contributed by atoms with Crippen molar-refractivity contribution in [1.82, 2.24) is 0 Å². The summed E-state index contributed by atoms with van der Waals surface area (Å²) in [7, 11) is 0. The van der Waals surface area contributed by atoms with Gasteiger partial charge in [0, 0.05) is 5.56 Å². The van der Waals surface area contributed by atoms with E-state index in [4.69, 9.17) is 0 Å². The van der Waals surface area contributed by atoms with E-state index in [1.54, 1.807) is 0 Å². The molecule has 0 amide bonds. The summed E-state index contributed by atoms with van der Waals surface area (Å²) in [6.45, 7) is 0.840. The zero-order valence-corrected chi connectivity index (χ0v) is 6.52. The summed E-state index contributed by atoms with van der Waals surface area (Å²) in [5.74, 6) is -3.40. The number of hydrogen-bond acceptors (Lipinski definition) is 0. The zero-order chi connectivity index (χ0) is 9.19. The van der Waals surface area contributed by atoms with Crippen LogP contribution in [-0.2, 0) is 5.92 Å². The van der Waals surface area contributed by atoms with Gasteiger partial charge in [-0.3, -0.25) is 0 Å². The first kappa shape index (κ1) is 9.10. The van der Waals surface area contributed by atoms with Crippen molar-refractivity contribution in [2.24, 2.45) is 0 Å². The lowest BCUT2D eigenvalue weighted by Gasteiger charge is -2.17. The van der Waals surface area contributed by atoms with E-state index in [2.05, 4.69) is 6.07 Å². The summed E-state index contributed by atoms with van der Waals surface area (Å²) in [6, 6.07) is 7.65. The van der Waals surface area contributed by atoms with Gasteiger partial charge in [-0.2, -0.15) is 8.78 Å². The van der Waals surface area contributed by atoms with Crippen molar-refractivity contribution in [3.63, 3.8) is 0 Å². The third-order valence-electron chi connectivity index (χ3n) is 1.59. The normalized spacial score (nSPS) is 14.3. The summed E-state index contributed by atoms with van der Waals surface area (Å²) in [4.78, 5) is 0. The second kappa shape index (κ2) is 3.17. The Morgan fingerprint density at radius 3 is 2.58 bits per heavy atom. The molecule has 1 atom stereocenters. The average Bonchev–Trinajstić information content (AvgIpc) is 2.06. The molecule has 0 fully saturated rings. The van der Waals surface area contributed by atoms with Gasteiger partial charge in [-0.05, 0) is 19.1 Å². The fourth-order valence-corrected chi connectivity index (χ4v) is 0.830. The van der Waals surface area contributed by atoms with Crippen molar-refractivity contribution in [1.29, 1.82) is 0 Å². The summed E-state index contributed by atoms with van der Waals surface area (Å²) >= 11 is 0. The zero-order valence-electron chi connectivity index (χ0n) is 6.52. The Balaban J connectivity index is 2.98. The third kappa shape index (κ3) is 1.60. The molecule has 0 saturated carbocycles. The van der Waals surface area contributed by atoms with E-state index in [1.165, 1.54) is 18.2 Å². The van der Waals surface area contributed by atoms with Gasteiger partial charge in [0.05, 0.1) is 0 Å². The summed E-state index contributed by atoms with van der Waals surface area (Å²) in [5.41, 5.74) is -0.333. The minimum atomic E-state index is -3.40. The predicted octanol–water partition coefficient (Wildman–Crippen LogP) is 2.94. The van der Waals surface area contributed by atoms with Crippen LogP contribution < -0.4 is 0 Å². The van der Waals surface area contributed by atoms with Gasteiger partial charge in [-0.15, -0.1) is 0 Å². The van der Waals surface area contributed by atoms with Crippen LogP contribution in [0.3, 0.4) is 0 Å². The van der Waals surface area contributed by atoms with Crippen molar-refractivity contribution in [3.05, 3.63) is 35.9 Å². The molecular formula is C9H8F3. The van der Waals surface area contributed by atoms with E-state index >= 15 is 0 Å². The van der Waals surface area contributed by atoms with Gasteiger partial charge in [0.2, 0.25) is 0 Å². The molecule has 0 aliphatic rings. The van der Waals surface area contributed by atoms with Crippen LogP contribution in [0.25, 0.3) is 0 Å². The molecule has 0 spiro atoms. The van der Waals surface area contributed by atoms with Gasteiger partial charge in [0.1, 0.15) is 0 Å². The summed E-state index contributed by atoms with van der Waals surface area (Å²) < 4.78 is 38.2. The quantitative estimate of drug-likeness (QED) is 0.645. The fourth-order valence-electron chi connectivity index (χ4n) is 0.830. The highest BCUT2D eigenvalue weighted by Gasteiger charge is 2.38. The SMILES string of the molecule is CC(F)C(F)(F)c1c[c]ccc1. The summed E-state index contributed by atoms with van der Waals surface area (Å²) in [5, 5.41) is 0. The largest absolute Gasteiger partial charge is 0.303 e. The standard InChI is InChI=1S/C9H8F3/c1-7(10)9(11,12)8-5-3-2-4-6-8/h2-3,5-7H,1H3. The van der Waals surface area contributed by atoms with Crippen LogP contribution in [0.4, 0.5) is 13.2 Å². The fraction of sp³-hybridized carbons (Fsp3) is 0.333. The van der Waals surface area contributed by atoms with Crippen LogP contribution >= 0.6 is 0 Å². The first-order valence-corrected chi connectivity index (χ1v) is 3.53. The van der Waals surface area contributed by atoms with Gasteiger partial charge in [0.15, 0.2) is 6.17 Å². The Morgan fingerprint density at radius 1 is 1.50 bits per heavy atom. The first-order chi connectivity index (χ1) is 5.55. The van der Waals surface area contributed by atoms with Gasteiger partial charge in [-0.1, -0.05) is 18.2 Å². The lowest BCUT2D eigenvalue weighted by Crippen LogP contribution is -2.24. The van der Waals surface area contributed by atoms with Crippen molar-refractivity contribution < 1.29 is 13.2 Å². The van der Waals surface area contributed by atoms with Crippen LogP contribution in [-0.4, -0.2) is 6.17 Å². The minimum absolute atomic E-state index is 0.333. The van der Waals surface area contributed by atoms with E-state index in [9.17, 15) is 13.2 Å². The molecule has 1 aromatic rings. The Kier molecular flexibility index (Phi) is 2.40. The van der Waals surface area contributed by atoms with Crippen molar-refractivity contribution in [2.45, 2.75) is 19.0 Å². The van der Waals surface area contributed by atoms with Crippen LogP contribution in [0.5, 0.6) is 0 Å². The van der Waals surface area contributed by atoms with E-state index < -0.39 is 12.1 Å². The highest BCUT2D eigenvalue weighted by molar-refractivity contribution is 5.20. The second-order valence-electron chi connectivity index (χ2n) is 2.53. The maximum absolute atomic E-state index is 12.9. The third-order valence-corrected chi connectivity index (χ3v) is 1.59. The maximum Gasteiger partial charge on any atom is 0.303 e. The van der Waals surface area contributed by atoms with E-state index in [0.29, 0.717) is 0 Å². The molecule has 1 radical (unpaired) electrons. The van der Waals surface area contributed by atoms with E-state index in [0.717, 1.165) is 13.0 Å². The molecule has 0 heterocycles. The molecular weight excluding hydrogens is 165 g/mol. The number of hydrogen-bond donors (Lipinski definition) is 0. The highest BCUT2D eigenvalue weighted by atomic mass is 19.3.